The summed E-state index contributed by atoms with van der Waals surface area (Å²) in [4.78, 5) is 25.5. The smallest absolute Gasteiger partial charge is 0.255 e. The summed E-state index contributed by atoms with van der Waals surface area (Å²) in [5.74, 6) is -0.668. The predicted octanol–water partition coefficient (Wildman–Crippen LogP) is 8.77. The Hall–Kier alpha value is -0.520. The Morgan fingerprint density at radius 3 is 1.23 bits per heavy atom. The van der Waals surface area contributed by atoms with Crippen molar-refractivity contribution in [2.24, 2.45) is 0 Å². The van der Waals surface area contributed by atoms with Crippen molar-refractivity contribution < 1.29 is 9.59 Å². The van der Waals surface area contributed by atoms with Gasteiger partial charge in [-0.25, -0.2) is 0 Å². The lowest BCUT2D eigenvalue weighted by atomic mass is 10.1. The molecule has 2 N–H and O–H groups in total. The summed E-state index contributed by atoms with van der Waals surface area (Å²) in [6.45, 7) is 0. The highest BCUT2D eigenvalue weighted by Crippen LogP contribution is 2.36. The van der Waals surface area contributed by atoms with Crippen LogP contribution in [0.2, 0.25) is 0 Å². The van der Waals surface area contributed by atoms with E-state index in [-0.39, 0.29) is 11.8 Å². The molecule has 3 aromatic carbocycles. The van der Waals surface area contributed by atoms with E-state index < -0.39 is 0 Å². The van der Waals surface area contributed by atoms with Crippen LogP contribution in [0.15, 0.2) is 75.4 Å². The molecule has 0 radical (unpaired) electrons. The molecule has 0 aliphatic heterocycles. The largest absolute Gasteiger partial charge is 0.320 e. The monoisotopic (exact) mass is 784 g/mol. The number of hydrogen-bond donors (Lipinski definition) is 2. The number of anilines is 2. The normalized spacial score (nSPS) is 10.6. The second-order valence-electron chi connectivity index (χ2n) is 5.98. The average Bonchev–Trinajstić information content (AvgIpc) is 2.67. The third kappa shape index (κ3) is 5.83. The van der Waals surface area contributed by atoms with Crippen molar-refractivity contribution in [1.82, 2.24) is 0 Å². The van der Waals surface area contributed by atoms with Crippen molar-refractivity contribution in [2.75, 3.05) is 10.6 Å². The van der Waals surface area contributed by atoms with E-state index in [1.54, 1.807) is 24.3 Å². The molecule has 10 heteroatoms. The number of amides is 2. The van der Waals surface area contributed by atoms with Gasteiger partial charge in [0.05, 0.1) is 11.4 Å². The molecule has 0 bridgehead atoms. The minimum atomic E-state index is -0.334. The third-order valence-corrected chi connectivity index (χ3v) is 7.30. The molecule has 0 aliphatic carbocycles. The lowest BCUT2D eigenvalue weighted by Gasteiger charge is -2.12. The summed E-state index contributed by atoms with van der Waals surface area (Å²) in [6.07, 6.45) is 0. The Labute approximate surface area is 223 Å². The Kier molecular flexibility index (Phi) is 8.36. The maximum atomic E-state index is 12.8. The van der Waals surface area contributed by atoms with Crippen LogP contribution in [0.25, 0.3) is 0 Å². The number of carbonyl (C=O) groups excluding carboxylic acids is 2. The molecule has 3 rings (SSSR count). The fourth-order valence-corrected chi connectivity index (χ4v) is 7.41. The van der Waals surface area contributed by atoms with Crippen LogP contribution in [0.5, 0.6) is 0 Å². The zero-order valence-corrected chi connectivity index (χ0v) is 24.2. The maximum absolute atomic E-state index is 12.8. The van der Waals surface area contributed by atoms with Gasteiger partial charge in [0.25, 0.3) is 11.8 Å². The van der Waals surface area contributed by atoms with Gasteiger partial charge in [0, 0.05) is 38.0 Å². The van der Waals surface area contributed by atoms with Crippen LogP contribution in [0.3, 0.4) is 0 Å². The first kappa shape index (κ1) is 24.1. The molecule has 0 fully saturated rings. The summed E-state index contributed by atoms with van der Waals surface area (Å²) in [6, 6.07) is 13.8. The molecule has 0 spiro atoms. The molecule has 0 saturated carbocycles. The van der Waals surface area contributed by atoms with Crippen LogP contribution >= 0.6 is 95.6 Å². The number of benzene rings is 3. The molecule has 154 valence electrons. The third-order valence-electron chi connectivity index (χ3n) is 3.88. The highest BCUT2D eigenvalue weighted by atomic mass is 79.9. The molecule has 0 aliphatic rings. The number of rotatable bonds is 4. The Balaban J connectivity index is 1.82. The van der Waals surface area contributed by atoms with E-state index in [1.165, 1.54) is 0 Å². The molecule has 2 amide bonds. The van der Waals surface area contributed by atoms with Crippen LogP contribution in [-0.4, -0.2) is 11.8 Å². The molecule has 0 aromatic heterocycles. The molecule has 4 nitrogen and oxygen atoms in total. The van der Waals surface area contributed by atoms with Gasteiger partial charge in [-0.3, -0.25) is 9.59 Å². The summed E-state index contributed by atoms with van der Waals surface area (Å²) in [7, 11) is 0. The molecule has 0 saturated heterocycles. The van der Waals surface area contributed by atoms with Gasteiger partial charge < -0.3 is 10.6 Å². The topological polar surface area (TPSA) is 58.2 Å². The van der Waals surface area contributed by atoms with E-state index in [0.717, 1.165) is 26.8 Å². The van der Waals surface area contributed by atoms with Crippen LogP contribution in [0, 0.1) is 0 Å². The highest BCUT2D eigenvalue weighted by molar-refractivity contribution is 9.12. The van der Waals surface area contributed by atoms with Gasteiger partial charge in [0.1, 0.15) is 0 Å². The number of hydrogen-bond acceptors (Lipinski definition) is 2. The van der Waals surface area contributed by atoms with Crippen molar-refractivity contribution >= 4 is 119 Å². The van der Waals surface area contributed by atoms with Crippen molar-refractivity contribution in [3.8, 4) is 0 Å². The van der Waals surface area contributed by atoms with Gasteiger partial charge >= 0.3 is 0 Å². The minimum absolute atomic E-state index is 0.334. The number of nitrogens with one attached hydrogen (secondary N) is 2. The molecule has 0 atom stereocenters. The zero-order valence-electron chi connectivity index (χ0n) is 14.7. The van der Waals surface area contributed by atoms with E-state index in [2.05, 4.69) is 106 Å². The van der Waals surface area contributed by atoms with E-state index in [0.29, 0.717) is 22.5 Å². The SMILES string of the molecule is O=C(Nc1c(Br)cc(Br)cc1Br)c1cccc(C(=O)Nc2c(Br)cc(Br)cc2Br)c1. The summed E-state index contributed by atoms with van der Waals surface area (Å²) in [5.41, 5.74) is 1.91. The summed E-state index contributed by atoms with van der Waals surface area (Å²) in [5, 5.41) is 5.71. The van der Waals surface area contributed by atoms with Crippen LogP contribution in [0.1, 0.15) is 20.7 Å². The molecular weight excluding hydrogens is 780 g/mol. The second kappa shape index (κ2) is 10.4. The van der Waals surface area contributed by atoms with Gasteiger partial charge in [0.2, 0.25) is 0 Å². The van der Waals surface area contributed by atoms with Crippen LogP contribution < -0.4 is 10.6 Å². The Bertz CT molecular complexity index is 1030. The Morgan fingerprint density at radius 2 is 0.900 bits per heavy atom. The van der Waals surface area contributed by atoms with Crippen LogP contribution in [-0.2, 0) is 0 Å². The lowest BCUT2D eigenvalue weighted by molar-refractivity contribution is 0.102. The van der Waals surface area contributed by atoms with Crippen LogP contribution in [0.4, 0.5) is 11.4 Å². The predicted molar refractivity (Wildman–Crippen MR) is 141 cm³/mol. The van der Waals surface area contributed by atoms with Gasteiger partial charge in [-0.15, -0.1) is 0 Å². The first-order chi connectivity index (χ1) is 14.2. The summed E-state index contributed by atoms with van der Waals surface area (Å²) >= 11 is 20.6. The average molecular weight is 790 g/mol. The van der Waals surface area contributed by atoms with Crippen molar-refractivity contribution in [3.05, 3.63) is 86.5 Å². The molecule has 0 heterocycles. The van der Waals surface area contributed by atoms with Gasteiger partial charge in [0.15, 0.2) is 0 Å². The first-order valence-electron chi connectivity index (χ1n) is 8.17. The molecule has 0 unspecified atom stereocenters. The van der Waals surface area contributed by atoms with Gasteiger partial charge in [-0.05, 0) is 106 Å². The number of carbonyl (C=O) groups is 2. The van der Waals surface area contributed by atoms with E-state index in [9.17, 15) is 9.59 Å². The van der Waals surface area contributed by atoms with Crippen molar-refractivity contribution in [1.29, 1.82) is 0 Å². The maximum Gasteiger partial charge on any atom is 0.255 e. The second-order valence-corrected chi connectivity index (χ2v) is 11.2. The van der Waals surface area contributed by atoms with E-state index in [1.807, 2.05) is 24.3 Å². The van der Waals surface area contributed by atoms with Gasteiger partial charge in [-0.1, -0.05) is 37.9 Å². The first-order valence-corrected chi connectivity index (χ1v) is 12.9. The minimum Gasteiger partial charge on any atom is -0.320 e. The molecule has 3 aromatic rings. The Morgan fingerprint density at radius 1 is 0.567 bits per heavy atom. The van der Waals surface area contributed by atoms with Crippen molar-refractivity contribution in [3.63, 3.8) is 0 Å². The quantitative estimate of drug-likeness (QED) is 0.278. The summed E-state index contributed by atoms with van der Waals surface area (Å²) < 4.78 is 4.60. The van der Waals surface area contributed by atoms with E-state index >= 15 is 0 Å². The van der Waals surface area contributed by atoms with Gasteiger partial charge in [-0.2, -0.15) is 0 Å². The standard InChI is InChI=1S/C20H10Br6N2O2/c21-11-5-13(23)17(14(24)6-11)27-19(29)9-2-1-3-10(4-9)20(30)28-18-15(25)7-12(22)8-16(18)26/h1-8H,(H,27,29)(H,28,30). The van der Waals surface area contributed by atoms with E-state index in [4.69, 9.17) is 0 Å². The lowest BCUT2D eigenvalue weighted by Crippen LogP contribution is -2.16. The fraction of sp³-hybridized carbons (Fsp3) is 0. The molecule has 30 heavy (non-hydrogen) atoms. The fourth-order valence-electron chi connectivity index (χ4n) is 2.50. The van der Waals surface area contributed by atoms with Crippen molar-refractivity contribution in [2.45, 2.75) is 0 Å². The number of halogens is 6. The molecular formula is C20H10Br6N2O2. The zero-order chi connectivity index (χ0) is 22.0. The highest BCUT2D eigenvalue weighted by Gasteiger charge is 2.16.